The van der Waals surface area contributed by atoms with E-state index < -0.39 is 66.5 Å². The smallest absolute Gasteiger partial charge is 0.416 e. The average molecular weight is 570 g/mol. The molecule has 0 amide bonds. The summed E-state index contributed by atoms with van der Waals surface area (Å²) in [5.41, 5.74) is -0.995. The van der Waals surface area contributed by atoms with Crippen molar-refractivity contribution in [3.63, 3.8) is 0 Å². The second-order valence-corrected chi connectivity index (χ2v) is 9.71. The van der Waals surface area contributed by atoms with Crippen LogP contribution in [0.15, 0.2) is 48.5 Å². The van der Waals surface area contributed by atoms with Crippen LogP contribution in [0.5, 0.6) is 0 Å². The van der Waals surface area contributed by atoms with Crippen LogP contribution in [0.3, 0.4) is 0 Å². The number of rotatable bonds is 8. The highest BCUT2D eigenvalue weighted by molar-refractivity contribution is 5.69. The van der Waals surface area contributed by atoms with Crippen molar-refractivity contribution in [2.24, 2.45) is 5.92 Å². The van der Waals surface area contributed by atoms with Gasteiger partial charge in [0.05, 0.1) is 24.7 Å². The summed E-state index contributed by atoms with van der Waals surface area (Å²) in [7, 11) is 1.19. The van der Waals surface area contributed by atoms with Gasteiger partial charge in [0.2, 0.25) is 0 Å². The van der Waals surface area contributed by atoms with E-state index in [9.17, 15) is 44.3 Å². The lowest BCUT2D eigenvalue weighted by atomic mass is 9.70. The number of hydrogen-bond donors (Lipinski definition) is 0. The molecular weight excluding hydrogens is 541 g/mol. The first kappa shape index (κ1) is 30.8. The molecule has 3 rings (SSSR count). The van der Waals surface area contributed by atoms with E-state index in [1.165, 1.54) is 36.3 Å². The van der Waals surface area contributed by atoms with Crippen molar-refractivity contribution < 1.29 is 49.0 Å². The quantitative estimate of drug-likeness (QED) is 0.238. The number of hydrogen-bond acceptors (Lipinski definition) is 3. The van der Waals surface area contributed by atoms with Crippen molar-refractivity contribution in [2.45, 2.75) is 69.1 Å². The number of carbonyl (C=O) groups excluding carboxylic acids is 1. The number of nitrogens with zero attached hydrogens (tertiary/aromatic N) is 1. The highest BCUT2D eigenvalue weighted by Gasteiger charge is 2.41. The molecule has 2 aromatic carbocycles. The lowest BCUT2D eigenvalue weighted by Gasteiger charge is -2.44. The fourth-order valence-corrected chi connectivity index (χ4v) is 5.25. The van der Waals surface area contributed by atoms with E-state index in [2.05, 4.69) is 0 Å². The Labute approximate surface area is 219 Å². The fourth-order valence-electron chi connectivity index (χ4n) is 5.25. The third kappa shape index (κ3) is 8.61. The van der Waals surface area contributed by atoms with Crippen LogP contribution in [0.1, 0.15) is 60.3 Å². The molecule has 1 aliphatic carbocycles. The van der Waals surface area contributed by atoms with Crippen LogP contribution in [0.25, 0.3) is 0 Å². The molecule has 0 bridgehead atoms. The molecule has 0 N–H and O–H groups in total. The Bertz CT molecular complexity index is 1080. The van der Waals surface area contributed by atoms with Crippen LogP contribution in [-0.2, 0) is 28.4 Å². The minimum absolute atomic E-state index is 0.0773. The zero-order valence-corrected chi connectivity index (χ0v) is 21.0. The molecule has 39 heavy (non-hydrogen) atoms. The summed E-state index contributed by atoms with van der Waals surface area (Å²) in [4.78, 5) is 13.7. The first-order valence-corrected chi connectivity index (χ1v) is 12.3. The summed E-state index contributed by atoms with van der Waals surface area (Å²) < 4.78 is 123. The van der Waals surface area contributed by atoms with Crippen molar-refractivity contribution in [1.82, 2.24) is 4.90 Å². The molecule has 0 heterocycles. The molecule has 0 radical (unpaired) electrons. The van der Waals surface area contributed by atoms with E-state index in [4.69, 9.17) is 4.74 Å². The fraction of sp³-hybridized carbons (Fsp3) is 0.519. The van der Waals surface area contributed by atoms with E-state index in [-0.39, 0.29) is 13.0 Å². The van der Waals surface area contributed by atoms with Crippen LogP contribution in [-0.4, -0.2) is 36.7 Å². The molecule has 1 fully saturated rings. The molecule has 0 aliphatic heterocycles. The van der Waals surface area contributed by atoms with Gasteiger partial charge in [-0.1, -0.05) is 30.7 Å². The second kappa shape index (κ2) is 12.2. The summed E-state index contributed by atoms with van der Waals surface area (Å²) in [6, 6.07) is 7.83. The molecule has 0 aromatic heterocycles. The topological polar surface area (TPSA) is 29.5 Å². The minimum Gasteiger partial charge on any atom is -0.469 e. The van der Waals surface area contributed by atoms with Gasteiger partial charge < -0.3 is 4.74 Å². The third-order valence-corrected chi connectivity index (χ3v) is 7.10. The predicted molar refractivity (Wildman–Crippen MR) is 124 cm³/mol. The van der Waals surface area contributed by atoms with Crippen molar-refractivity contribution in [1.29, 1.82) is 0 Å². The molecule has 216 valence electrons. The number of halogens is 9. The molecule has 12 heteroatoms. The van der Waals surface area contributed by atoms with Crippen LogP contribution in [0.2, 0.25) is 0 Å². The Morgan fingerprint density at radius 1 is 0.846 bits per heavy atom. The first-order chi connectivity index (χ1) is 18.1. The maximum Gasteiger partial charge on any atom is 0.416 e. The molecule has 3 atom stereocenters. The van der Waals surface area contributed by atoms with Gasteiger partial charge in [-0.15, -0.1) is 0 Å². The average Bonchev–Trinajstić information content (AvgIpc) is 2.85. The van der Waals surface area contributed by atoms with Gasteiger partial charge >= 0.3 is 24.5 Å². The zero-order valence-electron chi connectivity index (χ0n) is 21.0. The number of methoxy groups -OCH3 is 1. The number of alkyl halides is 9. The van der Waals surface area contributed by atoms with Gasteiger partial charge in [0.1, 0.15) is 0 Å². The Hall–Kier alpha value is -2.76. The molecule has 0 spiro atoms. The molecule has 0 unspecified atom stereocenters. The summed E-state index contributed by atoms with van der Waals surface area (Å²) >= 11 is 0. The summed E-state index contributed by atoms with van der Waals surface area (Å²) in [6.07, 6.45) is -13.5. The molecular formula is C27H28F9NO2. The molecule has 3 nitrogen and oxygen atoms in total. The highest BCUT2D eigenvalue weighted by Crippen LogP contribution is 2.44. The zero-order chi connectivity index (χ0) is 29.0. The molecule has 0 saturated heterocycles. The number of carbonyl (C=O) groups is 1. The van der Waals surface area contributed by atoms with Crippen molar-refractivity contribution in [3.05, 3.63) is 70.8 Å². The van der Waals surface area contributed by atoms with E-state index >= 15 is 0 Å². The van der Waals surface area contributed by atoms with Crippen molar-refractivity contribution in [3.8, 4) is 0 Å². The van der Waals surface area contributed by atoms with E-state index in [0.717, 1.165) is 24.3 Å². The lowest BCUT2D eigenvalue weighted by Crippen LogP contribution is -2.45. The monoisotopic (exact) mass is 569 g/mol. The summed E-state index contributed by atoms with van der Waals surface area (Å²) in [5.74, 6) is -1.58. The van der Waals surface area contributed by atoms with Gasteiger partial charge in [0, 0.05) is 31.5 Å². The van der Waals surface area contributed by atoms with Gasteiger partial charge in [-0.05, 0) is 54.2 Å². The SMILES string of the molecule is COC(=O)C[C@H]1CCC[C@@H](N(CCC(F)(F)F)Cc2ccc(C(F)(F)F)cc2)[C@@H]1c1ccc(C(F)(F)F)cc1. The largest absolute Gasteiger partial charge is 0.469 e. The van der Waals surface area contributed by atoms with Crippen LogP contribution >= 0.6 is 0 Å². The van der Waals surface area contributed by atoms with E-state index in [1.807, 2.05) is 0 Å². The number of ether oxygens (including phenoxy) is 1. The van der Waals surface area contributed by atoms with E-state index in [0.29, 0.717) is 30.4 Å². The lowest BCUT2D eigenvalue weighted by molar-refractivity contribution is -0.143. The summed E-state index contributed by atoms with van der Waals surface area (Å²) in [5, 5.41) is 0. The summed E-state index contributed by atoms with van der Waals surface area (Å²) in [6.45, 7) is -0.585. The molecule has 1 aliphatic rings. The standard InChI is InChI=1S/C27H28F9NO2/c1-39-23(38)15-19-3-2-4-22(24(19)18-7-11-21(12-8-18)27(34,35)36)37(14-13-25(28,29)30)16-17-5-9-20(10-6-17)26(31,32)33/h5-12,19,22,24H,2-4,13-16H2,1H3/t19-,22-,24-/m1/s1. The van der Waals surface area contributed by atoms with Crippen LogP contribution in [0.4, 0.5) is 39.5 Å². The van der Waals surface area contributed by atoms with Gasteiger partial charge in [0.25, 0.3) is 0 Å². The number of esters is 1. The van der Waals surface area contributed by atoms with Gasteiger partial charge in [-0.2, -0.15) is 39.5 Å². The second-order valence-electron chi connectivity index (χ2n) is 9.71. The number of benzene rings is 2. The third-order valence-electron chi connectivity index (χ3n) is 7.10. The Morgan fingerprint density at radius 3 is 1.87 bits per heavy atom. The van der Waals surface area contributed by atoms with Gasteiger partial charge in [0.15, 0.2) is 0 Å². The van der Waals surface area contributed by atoms with Crippen LogP contribution in [0, 0.1) is 5.92 Å². The van der Waals surface area contributed by atoms with Crippen LogP contribution < -0.4 is 0 Å². The maximum atomic E-state index is 13.3. The Balaban J connectivity index is 2.00. The Kier molecular flexibility index (Phi) is 9.61. The first-order valence-electron chi connectivity index (χ1n) is 12.3. The Morgan fingerprint density at radius 2 is 1.38 bits per heavy atom. The highest BCUT2D eigenvalue weighted by atomic mass is 19.4. The van der Waals surface area contributed by atoms with Gasteiger partial charge in [-0.3, -0.25) is 9.69 Å². The predicted octanol–water partition coefficient (Wildman–Crippen LogP) is 7.99. The normalized spacial score (nSPS) is 20.7. The van der Waals surface area contributed by atoms with E-state index in [1.54, 1.807) is 0 Å². The molecule has 1 saturated carbocycles. The minimum atomic E-state index is -4.59. The van der Waals surface area contributed by atoms with Crippen molar-refractivity contribution >= 4 is 5.97 Å². The molecule has 2 aromatic rings. The maximum absolute atomic E-state index is 13.3. The van der Waals surface area contributed by atoms with Crippen molar-refractivity contribution in [2.75, 3.05) is 13.7 Å². The van der Waals surface area contributed by atoms with Gasteiger partial charge in [-0.25, -0.2) is 0 Å².